The number of hydrogen-bond acceptors (Lipinski definition) is 4. The van der Waals surface area contributed by atoms with Gasteiger partial charge in [0.1, 0.15) is 11.5 Å². The van der Waals surface area contributed by atoms with E-state index in [0.717, 1.165) is 34.8 Å². The van der Waals surface area contributed by atoms with Gasteiger partial charge in [0.25, 0.3) is 0 Å². The minimum Gasteiger partial charge on any atom is -0.497 e. The van der Waals surface area contributed by atoms with Crippen molar-refractivity contribution in [2.45, 2.75) is 25.6 Å². The third-order valence-electron chi connectivity index (χ3n) is 5.45. The van der Waals surface area contributed by atoms with E-state index in [9.17, 15) is 0 Å². The Kier molecular flexibility index (Phi) is 4.05. The Morgan fingerprint density at radius 1 is 1.00 bits per heavy atom. The van der Waals surface area contributed by atoms with Gasteiger partial charge >= 0.3 is 0 Å². The molecule has 4 heteroatoms. The lowest BCUT2D eigenvalue weighted by Gasteiger charge is -2.38. The fraction of sp³-hybridized carbons (Fsp3) is 0.208. The highest BCUT2D eigenvalue weighted by Crippen LogP contribution is 2.47. The second kappa shape index (κ2) is 6.71. The van der Waals surface area contributed by atoms with E-state index >= 15 is 0 Å². The van der Waals surface area contributed by atoms with Gasteiger partial charge in [0.15, 0.2) is 0 Å². The zero-order chi connectivity index (χ0) is 19.1. The van der Waals surface area contributed by atoms with Gasteiger partial charge in [-0.2, -0.15) is 5.10 Å². The van der Waals surface area contributed by atoms with Crippen LogP contribution in [0.15, 0.2) is 77.9 Å². The van der Waals surface area contributed by atoms with Gasteiger partial charge in [-0.3, -0.25) is 0 Å². The summed E-state index contributed by atoms with van der Waals surface area (Å²) in [4.78, 5) is 0. The second-order valence-corrected chi connectivity index (χ2v) is 7.30. The molecule has 0 fully saturated rings. The fourth-order valence-electron chi connectivity index (χ4n) is 4.04. The maximum atomic E-state index is 6.41. The highest BCUT2D eigenvalue weighted by atomic mass is 16.5. The van der Waals surface area contributed by atoms with Gasteiger partial charge in [-0.1, -0.05) is 48.0 Å². The number of benzene rings is 3. The highest BCUT2D eigenvalue weighted by Gasteiger charge is 2.40. The molecule has 0 saturated carbocycles. The zero-order valence-corrected chi connectivity index (χ0v) is 16.0. The smallest absolute Gasteiger partial charge is 0.213 e. The maximum absolute atomic E-state index is 6.41. The van der Waals surface area contributed by atoms with E-state index < -0.39 is 0 Å². The molecule has 28 heavy (non-hydrogen) atoms. The maximum Gasteiger partial charge on any atom is 0.213 e. The molecule has 0 radical (unpaired) electrons. The van der Waals surface area contributed by atoms with Gasteiger partial charge in [-0.05, 0) is 42.8 Å². The topological polar surface area (TPSA) is 34.1 Å². The number of methoxy groups -OCH3 is 1. The van der Waals surface area contributed by atoms with E-state index in [1.165, 1.54) is 11.1 Å². The molecule has 4 nitrogen and oxygen atoms in total. The molecule has 0 bridgehead atoms. The number of para-hydroxylation sites is 1. The Bertz CT molecular complexity index is 1040. The first-order valence-corrected chi connectivity index (χ1v) is 9.55. The lowest BCUT2D eigenvalue weighted by molar-refractivity contribution is -0.0190. The monoisotopic (exact) mass is 370 g/mol. The largest absolute Gasteiger partial charge is 0.497 e. The van der Waals surface area contributed by atoms with E-state index in [1.807, 2.05) is 18.2 Å². The van der Waals surface area contributed by atoms with Gasteiger partial charge in [0.2, 0.25) is 6.23 Å². The standard InChI is InChI=1S/C24H22N2O2/c1-16-6-5-7-18(14-16)24-26-22(20-8-3-4-9-23(20)28-24)15-21(25-26)17-10-12-19(27-2)13-11-17/h3-14,22,24H,15H2,1-2H3/t22-,24-/m0/s1. The van der Waals surface area contributed by atoms with Crippen molar-refractivity contribution >= 4 is 5.71 Å². The van der Waals surface area contributed by atoms with Crippen molar-refractivity contribution in [2.24, 2.45) is 5.10 Å². The Hall–Kier alpha value is -3.27. The summed E-state index contributed by atoms with van der Waals surface area (Å²) < 4.78 is 11.7. The average Bonchev–Trinajstić information content (AvgIpc) is 3.19. The van der Waals surface area contributed by atoms with E-state index in [0.29, 0.717) is 0 Å². The molecule has 0 saturated heterocycles. The van der Waals surface area contributed by atoms with Crippen LogP contribution in [-0.4, -0.2) is 17.8 Å². The number of rotatable bonds is 3. The minimum atomic E-state index is -0.226. The van der Waals surface area contributed by atoms with Gasteiger partial charge in [-0.15, -0.1) is 0 Å². The number of hydrogen-bond donors (Lipinski definition) is 0. The van der Waals surface area contributed by atoms with Gasteiger partial charge in [-0.25, -0.2) is 5.01 Å². The molecule has 0 spiro atoms. The summed E-state index contributed by atoms with van der Waals surface area (Å²) in [6.45, 7) is 2.10. The van der Waals surface area contributed by atoms with Crippen molar-refractivity contribution in [3.63, 3.8) is 0 Å². The van der Waals surface area contributed by atoms with Crippen LogP contribution in [0, 0.1) is 6.92 Å². The van der Waals surface area contributed by atoms with Gasteiger partial charge in [0.05, 0.1) is 18.9 Å². The van der Waals surface area contributed by atoms with Crippen molar-refractivity contribution < 1.29 is 9.47 Å². The quantitative estimate of drug-likeness (QED) is 0.632. The predicted octanol–water partition coefficient (Wildman–Crippen LogP) is 5.25. The molecule has 5 rings (SSSR count). The van der Waals surface area contributed by atoms with Crippen LogP contribution >= 0.6 is 0 Å². The molecule has 3 aromatic rings. The number of ether oxygens (including phenoxy) is 2. The van der Waals surface area contributed by atoms with Crippen molar-refractivity contribution in [1.29, 1.82) is 0 Å². The molecule has 2 heterocycles. The lowest BCUT2D eigenvalue weighted by Crippen LogP contribution is -2.33. The van der Waals surface area contributed by atoms with Crippen LogP contribution in [0.25, 0.3) is 0 Å². The molecule has 140 valence electrons. The van der Waals surface area contributed by atoms with Crippen LogP contribution in [0.3, 0.4) is 0 Å². The third kappa shape index (κ3) is 2.82. The van der Waals surface area contributed by atoms with E-state index in [1.54, 1.807) is 7.11 Å². The average molecular weight is 370 g/mol. The summed E-state index contributed by atoms with van der Waals surface area (Å²) in [6.07, 6.45) is 0.630. The first-order valence-electron chi connectivity index (χ1n) is 9.55. The van der Waals surface area contributed by atoms with Crippen molar-refractivity contribution in [1.82, 2.24) is 5.01 Å². The SMILES string of the molecule is COc1ccc(C2=NN3[C@@H](C2)c2ccccc2O[C@H]3c2cccc(C)c2)cc1. The summed E-state index contributed by atoms with van der Waals surface area (Å²) >= 11 is 0. The summed E-state index contributed by atoms with van der Waals surface area (Å²) in [7, 11) is 1.68. The van der Waals surface area contributed by atoms with Crippen LogP contribution in [0.4, 0.5) is 0 Å². The molecule has 0 N–H and O–H groups in total. The van der Waals surface area contributed by atoms with Crippen LogP contribution in [0.1, 0.15) is 40.9 Å². The molecule has 2 aliphatic rings. The first-order chi connectivity index (χ1) is 13.7. The van der Waals surface area contributed by atoms with Gasteiger partial charge < -0.3 is 9.47 Å². The molecular formula is C24H22N2O2. The van der Waals surface area contributed by atoms with E-state index in [2.05, 4.69) is 66.5 Å². The molecular weight excluding hydrogens is 348 g/mol. The van der Waals surface area contributed by atoms with Crippen LogP contribution in [-0.2, 0) is 0 Å². The molecule has 2 atom stereocenters. The summed E-state index contributed by atoms with van der Waals surface area (Å²) in [5, 5.41) is 7.13. The molecule has 2 aliphatic heterocycles. The first kappa shape index (κ1) is 16.9. The zero-order valence-electron chi connectivity index (χ0n) is 16.0. The van der Waals surface area contributed by atoms with Crippen LogP contribution in [0.2, 0.25) is 0 Å². The Balaban J connectivity index is 1.57. The highest BCUT2D eigenvalue weighted by molar-refractivity contribution is 6.02. The molecule has 0 unspecified atom stereocenters. The second-order valence-electron chi connectivity index (χ2n) is 7.30. The van der Waals surface area contributed by atoms with Crippen LogP contribution in [0.5, 0.6) is 11.5 Å². The summed E-state index contributed by atoms with van der Waals surface area (Å²) in [6, 6.07) is 25.1. The fourth-order valence-corrected chi connectivity index (χ4v) is 4.04. The van der Waals surface area contributed by atoms with Crippen molar-refractivity contribution in [2.75, 3.05) is 7.11 Å². The summed E-state index contributed by atoms with van der Waals surface area (Å²) in [5.74, 6) is 1.80. The number of fused-ring (bicyclic) bond motifs is 3. The van der Waals surface area contributed by atoms with Crippen molar-refractivity contribution in [3.8, 4) is 11.5 Å². The van der Waals surface area contributed by atoms with Gasteiger partial charge in [0, 0.05) is 17.5 Å². The molecule has 0 amide bonds. The number of nitrogens with zero attached hydrogens (tertiary/aromatic N) is 2. The van der Waals surface area contributed by atoms with E-state index in [4.69, 9.17) is 14.6 Å². The molecule has 0 aliphatic carbocycles. The molecule has 3 aromatic carbocycles. The Morgan fingerprint density at radius 3 is 2.61 bits per heavy atom. The summed E-state index contributed by atoms with van der Waals surface area (Å²) in [5.41, 5.74) is 5.73. The minimum absolute atomic E-state index is 0.174. The molecule has 0 aromatic heterocycles. The Labute approximate surface area is 165 Å². The predicted molar refractivity (Wildman–Crippen MR) is 110 cm³/mol. The number of hydrazone groups is 1. The van der Waals surface area contributed by atoms with Crippen LogP contribution < -0.4 is 9.47 Å². The Morgan fingerprint density at radius 2 is 1.82 bits per heavy atom. The normalized spacial score (nSPS) is 20.1. The lowest BCUT2D eigenvalue weighted by atomic mass is 9.96. The van der Waals surface area contributed by atoms with Crippen molar-refractivity contribution in [3.05, 3.63) is 95.1 Å². The third-order valence-corrected chi connectivity index (χ3v) is 5.45. The van der Waals surface area contributed by atoms with E-state index in [-0.39, 0.29) is 12.3 Å². The number of aryl methyl sites for hydroxylation is 1.